The van der Waals surface area contributed by atoms with Gasteiger partial charge in [-0.3, -0.25) is 4.40 Å². The van der Waals surface area contributed by atoms with Gasteiger partial charge in [0.25, 0.3) is 0 Å². The molecule has 0 atom stereocenters. The zero-order valence-electron chi connectivity index (χ0n) is 14.0. The normalized spacial score (nSPS) is 11.1. The van der Waals surface area contributed by atoms with Crippen molar-refractivity contribution in [2.75, 3.05) is 5.32 Å². The molecule has 4 nitrogen and oxygen atoms in total. The summed E-state index contributed by atoms with van der Waals surface area (Å²) in [7, 11) is 0. The third-order valence-corrected chi connectivity index (χ3v) is 4.30. The zero-order valence-corrected chi connectivity index (χ0v) is 14.0. The fourth-order valence-corrected chi connectivity index (χ4v) is 3.00. The highest BCUT2D eigenvalue weighted by atomic mass is 16.3. The fraction of sp³-hybridized carbons (Fsp3) is 0.150. The quantitative estimate of drug-likeness (QED) is 0.560. The molecule has 4 rings (SSSR count). The maximum Gasteiger partial charge on any atom is 0.143 e. The van der Waals surface area contributed by atoms with Gasteiger partial charge in [0.2, 0.25) is 0 Å². The Balaban J connectivity index is 1.94. The van der Waals surface area contributed by atoms with Crippen molar-refractivity contribution in [1.82, 2.24) is 9.38 Å². The van der Waals surface area contributed by atoms with Crippen LogP contribution in [0.5, 0.6) is 0 Å². The third kappa shape index (κ3) is 2.36. The van der Waals surface area contributed by atoms with Crippen molar-refractivity contribution in [3.8, 4) is 11.3 Å². The van der Waals surface area contributed by atoms with Crippen molar-refractivity contribution >= 4 is 17.2 Å². The number of nitrogens with zero attached hydrogens (tertiary/aromatic N) is 2. The van der Waals surface area contributed by atoms with E-state index < -0.39 is 0 Å². The van der Waals surface area contributed by atoms with Crippen molar-refractivity contribution in [2.45, 2.75) is 20.8 Å². The minimum Gasteiger partial charge on any atom is -0.472 e. The molecule has 4 heteroatoms. The molecule has 3 aromatic heterocycles. The van der Waals surface area contributed by atoms with Crippen LogP contribution in [-0.2, 0) is 0 Å². The maximum atomic E-state index is 5.26. The van der Waals surface area contributed by atoms with Gasteiger partial charge in [-0.25, -0.2) is 4.98 Å². The van der Waals surface area contributed by atoms with Gasteiger partial charge in [-0.15, -0.1) is 0 Å². The Morgan fingerprint density at radius 1 is 1.04 bits per heavy atom. The largest absolute Gasteiger partial charge is 0.472 e. The first kappa shape index (κ1) is 14.6. The molecular formula is C20H19N3O. The Morgan fingerprint density at radius 3 is 2.54 bits per heavy atom. The van der Waals surface area contributed by atoms with E-state index in [1.807, 2.05) is 6.07 Å². The van der Waals surface area contributed by atoms with Crippen LogP contribution in [0.15, 0.2) is 59.5 Å². The molecule has 0 spiro atoms. The number of fused-ring (bicyclic) bond motifs is 1. The number of furan rings is 1. The first-order valence-corrected chi connectivity index (χ1v) is 7.98. The highest BCUT2D eigenvalue weighted by Crippen LogP contribution is 2.33. The highest BCUT2D eigenvalue weighted by molar-refractivity contribution is 5.80. The molecule has 0 radical (unpaired) electrons. The van der Waals surface area contributed by atoms with Gasteiger partial charge in [0, 0.05) is 17.4 Å². The molecule has 0 bridgehead atoms. The standard InChI is InChI=1S/C20H19N3O/c1-13-7-9-23-17(11-13)21-19(16-8-10-24-12-16)20(23)22-18-14(2)5-4-6-15(18)3/h4-12,22H,1-3H3. The average molecular weight is 317 g/mol. The Morgan fingerprint density at radius 2 is 1.83 bits per heavy atom. The molecule has 0 saturated heterocycles. The van der Waals surface area contributed by atoms with Crippen LogP contribution in [-0.4, -0.2) is 9.38 Å². The Bertz CT molecular complexity index is 993. The zero-order chi connectivity index (χ0) is 16.7. The Hall–Kier alpha value is -3.01. The van der Waals surface area contributed by atoms with Gasteiger partial charge < -0.3 is 9.73 Å². The van der Waals surface area contributed by atoms with Gasteiger partial charge in [0.05, 0.1) is 12.5 Å². The van der Waals surface area contributed by atoms with Gasteiger partial charge >= 0.3 is 0 Å². The molecular weight excluding hydrogens is 298 g/mol. The lowest BCUT2D eigenvalue weighted by Crippen LogP contribution is -2.00. The number of hydrogen-bond donors (Lipinski definition) is 1. The van der Waals surface area contributed by atoms with E-state index in [-0.39, 0.29) is 0 Å². The molecule has 0 aliphatic rings. The molecule has 4 aromatic rings. The monoisotopic (exact) mass is 317 g/mol. The minimum absolute atomic E-state index is 0.886. The van der Waals surface area contributed by atoms with E-state index >= 15 is 0 Å². The number of aryl methyl sites for hydroxylation is 3. The summed E-state index contributed by atoms with van der Waals surface area (Å²) in [5, 5.41) is 3.60. The van der Waals surface area contributed by atoms with Crippen molar-refractivity contribution in [2.24, 2.45) is 0 Å². The third-order valence-electron chi connectivity index (χ3n) is 4.30. The Kier molecular flexibility index (Phi) is 3.38. The molecule has 120 valence electrons. The van der Waals surface area contributed by atoms with E-state index in [2.05, 4.69) is 67.0 Å². The smallest absolute Gasteiger partial charge is 0.143 e. The summed E-state index contributed by atoms with van der Waals surface area (Å²) in [4.78, 5) is 4.81. The molecule has 1 N–H and O–H groups in total. The molecule has 1 aromatic carbocycles. The summed E-state index contributed by atoms with van der Waals surface area (Å²) in [6, 6.07) is 12.4. The van der Waals surface area contributed by atoms with E-state index in [0.717, 1.165) is 28.4 Å². The van der Waals surface area contributed by atoms with Crippen LogP contribution in [0.2, 0.25) is 0 Å². The summed E-state index contributed by atoms with van der Waals surface area (Å²) < 4.78 is 7.35. The number of hydrogen-bond acceptors (Lipinski definition) is 3. The average Bonchev–Trinajstić information content (AvgIpc) is 3.18. The summed E-state index contributed by atoms with van der Waals surface area (Å²) in [6.45, 7) is 6.30. The summed E-state index contributed by atoms with van der Waals surface area (Å²) >= 11 is 0. The van der Waals surface area contributed by atoms with Crippen molar-refractivity contribution < 1.29 is 4.42 Å². The summed E-state index contributed by atoms with van der Waals surface area (Å²) in [6.07, 6.45) is 5.45. The lowest BCUT2D eigenvalue weighted by atomic mass is 10.1. The number of anilines is 2. The number of benzene rings is 1. The molecule has 3 heterocycles. The second-order valence-corrected chi connectivity index (χ2v) is 6.15. The predicted octanol–water partition coefficient (Wildman–Crippen LogP) is 5.26. The van der Waals surface area contributed by atoms with Crippen LogP contribution >= 0.6 is 0 Å². The van der Waals surface area contributed by atoms with Crippen LogP contribution in [0.25, 0.3) is 16.9 Å². The second-order valence-electron chi connectivity index (χ2n) is 6.15. The molecule has 0 unspecified atom stereocenters. The number of rotatable bonds is 3. The fourth-order valence-electron chi connectivity index (χ4n) is 3.00. The number of pyridine rings is 1. The lowest BCUT2D eigenvalue weighted by molar-refractivity contribution is 0.568. The van der Waals surface area contributed by atoms with Gasteiger partial charge in [-0.1, -0.05) is 18.2 Å². The van der Waals surface area contributed by atoms with Gasteiger partial charge in [0.1, 0.15) is 17.2 Å². The van der Waals surface area contributed by atoms with Crippen molar-refractivity contribution in [3.05, 3.63) is 71.8 Å². The molecule has 24 heavy (non-hydrogen) atoms. The van der Waals surface area contributed by atoms with E-state index in [1.165, 1.54) is 16.7 Å². The van der Waals surface area contributed by atoms with Crippen molar-refractivity contribution in [1.29, 1.82) is 0 Å². The first-order valence-electron chi connectivity index (χ1n) is 7.98. The maximum absolute atomic E-state index is 5.26. The van der Waals surface area contributed by atoms with Gasteiger partial charge in [0.15, 0.2) is 0 Å². The SMILES string of the molecule is Cc1ccn2c(Nc3c(C)cccc3C)c(-c3ccoc3)nc2c1. The number of nitrogens with one attached hydrogen (secondary N) is 1. The second kappa shape index (κ2) is 5.57. The lowest BCUT2D eigenvalue weighted by Gasteiger charge is -2.13. The van der Waals surface area contributed by atoms with Gasteiger partial charge in [-0.2, -0.15) is 0 Å². The predicted molar refractivity (Wildman–Crippen MR) is 96.8 cm³/mol. The number of aromatic nitrogens is 2. The van der Waals surface area contributed by atoms with Crippen LogP contribution in [0.1, 0.15) is 16.7 Å². The number of para-hydroxylation sites is 1. The first-order chi connectivity index (χ1) is 11.6. The van der Waals surface area contributed by atoms with Crippen LogP contribution in [0, 0.1) is 20.8 Å². The van der Waals surface area contributed by atoms with E-state index in [1.54, 1.807) is 12.5 Å². The Labute approximate surface area is 140 Å². The van der Waals surface area contributed by atoms with Crippen molar-refractivity contribution in [3.63, 3.8) is 0 Å². The van der Waals surface area contributed by atoms with E-state index in [9.17, 15) is 0 Å². The summed E-state index contributed by atoms with van der Waals surface area (Å²) in [5.41, 5.74) is 7.47. The van der Waals surface area contributed by atoms with E-state index in [4.69, 9.17) is 9.40 Å². The molecule has 0 aliphatic heterocycles. The molecule has 0 amide bonds. The minimum atomic E-state index is 0.886. The molecule has 0 aliphatic carbocycles. The van der Waals surface area contributed by atoms with Crippen LogP contribution < -0.4 is 5.32 Å². The summed E-state index contributed by atoms with van der Waals surface area (Å²) in [5.74, 6) is 0.948. The van der Waals surface area contributed by atoms with Gasteiger partial charge in [-0.05, 0) is 55.7 Å². The number of imidazole rings is 1. The highest BCUT2D eigenvalue weighted by Gasteiger charge is 2.16. The van der Waals surface area contributed by atoms with E-state index in [0.29, 0.717) is 0 Å². The molecule has 0 saturated carbocycles. The topological polar surface area (TPSA) is 42.5 Å². The van der Waals surface area contributed by atoms with Crippen LogP contribution in [0.3, 0.4) is 0 Å². The molecule has 0 fully saturated rings. The van der Waals surface area contributed by atoms with Crippen LogP contribution in [0.4, 0.5) is 11.5 Å².